The van der Waals surface area contributed by atoms with Crippen LogP contribution >= 0.6 is 0 Å². The Morgan fingerprint density at radius 2 is 1.85 bits per heavy atom. The monoisotopic (exact) mass is 561 g/mol. The third-order valence-corrected chi connectivity index (χ3v) is 7.49. The standard InChI is InChI=1S/C26H30F3N7O4/c1-2-30-22-19-17(26(27,28)29)13-31-23(19)34-25(33-22)32-18-4-3-16(20-21(18)40-14-39-20)24(37)36-7-5-15(6-8-36)35-9-11-38-12-10-35/h3-4,13,15H,2,5-12,14H2,1H3,(H3,30,31,32,33,34). The van der Waals surface area contributed by atoms with Crippen LogP contribution in [0.4, 0.5) is 30.6 Å². The number of H-pyrrole nitrogens is 1. The topological polar surface area (TPSA) is 117 Å². The molecular weight excluding hydrogens is 531 g/mol. The van der Waals surface area contributed by atoms with Gasteiger partial charge in [0.05, 0.1) is 35.4 Å². The Labute approximate surface area is 228 Å². The van der Waals surface area contributed by atoms with Gasteiger partial charge in [-0.2, -0.15) is 23.1 Å². The summed E-state index contributed by atoms with van der Waals surface area (Å²) < 4.78 is 57.4. The first-order valence-electron chi connectivity index (χ1n) is 13.3. The number of rotatable bonds is 6. The van der Waals surface area contributed by atoms with Crippen molar-refractivity contribution in [1.82, 2.24) is 24.8 Å². The molecule has 3 aromatic rings. The molecule has 214 valence electrons. The molecule has 0 saturated carbocycles. The fourth-order valence-electron chi connectivity index (χ4n) is 5.54. The molecule has 0 aliphatic carbocycles. The van der Waals surface area contributed by atoms with Crippen molar-refractivity contribution >= 4 is 34.4 Å². The molecule has 40 heavy (non-hydrogen) atoms. The lowest BCUT2D eigenvalue weighted by atomic mass is 10.0. The molecule has 0 bridgehead atoms. The number of amides is 1. The van der Waals surface area contributed by atoms with Crippen LogP contribution in [0.3, 0.4) is 0 Å². The SMILES string of the molecule is CCNc1nc(Nc2ccc(C(=O)N3CCC(N4CCOCC4)CC3)c3c2OCO3)nc2[nH]cc(C(F)(F)F)c12. The van der Waals surface area contributed by atoms with Crippen LogP contribution in [0.5, 0.6) is 11.5 Å². The smallest absolute Gasteiger partial charge is 0.418 e. The van der Waals surface area contributed by atoms with Gasteiger partial charge >= 0.3 is 6.18 Å². The highest BCUT2D eigenvalue weighted by Crippen LogP contribution is 2.44. The Morgan fingerprint density at radius 3 is 2.58 bits per heavy atom. The zero-order chi connectivity index (χ0) is 27.9. The molecule has 0 unspecified atom stereocenters. The van der Waals surface area contributed by atoms with Gasteiger partial charge in [-0.1, -0.05) is 0 Å². The Morgan fingerprint density at radius 1 is 1.10 bits per heavy atom. The minimum atomic E-state index is -4.56. The Hall–Kier alpha value is -3.78. The van der Waals surface area contributed by atoms with Gasteiger partial charge in [-0.05, 0) is 31.9 Å². The van der Waals surface area contributed by atoms with Crippen molar-refractivity contribution in [2.75, 3.05) is 63.4 Å². The van der Waals surface area contributed by atoms with Crippen LogP contribution in [-0.2, 0) is 10.9 Å². The molecule has 2 aromatic heterocycles. The van der Waals surface area contributed by atoms with E-state index in [0.29, 0.717) is 48.4 Å². The van der Waals surface area contributed by atoms with E-state index in [9.17, 15) is 18.0 Å². The maximum atomic E-state index is 13.5. The van der Waals surface area contributed by atoms with Crippen molar-refractivity contribution in [3.63, 3.8) is 0 Å². The molecule has 0 radical (unpaired) electrons. The van der Waals surface area contributed by atoms with E-state index in [1.807, 2.05) is 4.90 Å². The number of ether oxygens (including phenoxy) is 3. The minimum absolute atomic E-state index is 0.0295. The van der Waals surface area contributed by atoms with Crippen molar-refractivity contribution in [2.24, 2.45) is 0 Å². The number of nitrogens with zero attached hydrogens (tertiary/aromatic N) is 4. The zero-order valence-corrected chi connectivity index (χ0v) is 21.9. The maximum Gasteiger partial charge on any atom is 0.418 e. The minimum Gasteiger partial charge on any atom is -0.453 e. The number of hydrogen-bond acceptors (Lipinski definition) is 9. The molecule has 11 nitrogen and oxygen atoms in total. The number of aromatic amines is 1. The molecular formula is C26H30F3N7O4. The molecule has 1 amide bonds. The van der Waals surface area contributed by atoms with Crippen LogP contribution in [0.15, 0.2) is 18.3 Å². The van der Waals surface area contributed by atoms with Crippen LogP contribution < -0.4 is 20.1 Å². The highest BCUT2D eigenvalue weighted by Gasteiger charge is 2.36. The summed E-state index contributed by atoms with van der Waals surface area (Å²) in [5.41, 5.74) is 0.00702. The average molecular weight is 562 g/mol. The van der Waals surface area contributed by atoms with E-state index in [1.54, 1.807) is 19.1 Å². The summed E-state index contributed by atoms with van der Waals surface area (Å²) in [6.45, 7) is 6.69. The number of likely N-dealkylation sites (tertiary alicyclic amines) is 1. The van der Waals surface area contributed by atoms with Gasteiger partial charge in [0.2, 0.25) is 12.7 Å². The fourth-order valence-corrected chi connectivity index (χ4v) is 5.54. The number of hydrogen-bond donors (Lipinski definition) is 3. The number of carbonyl (C=O) groups excluding carboxylic acids is 1. The Bertz CT molecular complexity index is 1400. The second-order valence-electron chi connectivity index (χ2n) is 9.87. The van der Waals surface area contributed by atoms with E-state index in [4.69, 9.17) is 14.2 Å². The molecule has 2 saturated heterocycles. The third kappa shape index (κ3) is 4.96. The number of nitrogens with one attached hydrogen (secondary N) is 3. The van der Waals surface area contributed by atoms with E-state index >= 15 is 0 Å². The van der Waals surface area contributed by atoms with Crippen LogP contribution in [0, 0.1) is 0 Å². The lowest BCUT2D eigenvalue weighted by Gasteiger charge is -2.40. The summed E-state index contributed by atoms with van der Waals surface area (Å²) in [7, 11) is 0. The fraction of sp³-hybridized carbons (Fsp3) is 0.500. The number of fused-ring (bicyclic) bond motifs is 2. The second kappa shape index (κ2) is 10.7. The normalized spacial score (nSPS) is 18.4. The van der Waals surface area contributed by atoms with Crippen LogP contribution in [-0.4, -0.2) is 89.4 Å². The third-order valence-electron chi connectivity index (χ3n) is 7.49. The number of morpholine rings is 1. The summed E-state index contributed by atoms with van der Waals surface area (Å²) >= 11 is 0. The van der Waals surface area contributed by atoms with Gasteiger partial charge in [0.15, 0.2) is 11.5 Å². The number of piperidine rings is 1. The predicted molar refractivity (Wildman–Crippen MR) is 140 cm³/mol. The van der Waals surface area contributed by atoms with Crippen molar-refractivity contribution in [2.45, 2.75) is 32.0 Å². The molecule has 0 spiro atoms. The van der Waals surface area contributed by atoms with E-state index in [1.165, 1.54) is 0 Å². The van der Waals surface area contributed by atoms with Crippen molar-refractivity contribution in [3.05, 3.63) is 29.5 Å². The lowest BCUT2D eigenvalue weighted by Crippen LogP contribution is -2.50. The number of halogens is 3. The van der Waals surface area contributed by atoms with Gasteiger partial charge in [0.1, 0.15) is 11.5 Å². The summed E-state index contributed by atoms with van der Waals surface area (Å²) in [5, 5.41) is 5.77. The van der Waals surface area contributed by atoms with E-state index < -0.39 is 11.7 Å². The molecule has 1 aromatic carbocycles. The quantitative estimate of drug-likeness (QED) is 0.413. The van der Waals surface area contributed by atoms with Gasteiger partial charge in [0, 0.05) is 45.0 Å². The lowest BCUT2D eigenvalue weighted by molar-refractivity contribution is -0.136. The van der Waals surface area contributed by atoms with Crippen molar-refractivity contribution in [3.8, 4) is 11.5 Å². The van der Waals surface area contributed by atoms with Crippen LogP contribution in [0.2, 0.25) is 0 Å². The first kappa shape index (κ1) is 26.4. The van der Waals surface area contributed by atoms with Crippen LogP contribution in [0.1, 0.15) is 35.7 Å². The number of alkyl halides is 3. The summed E-state index contributed by atoms with van der Waals surface area (Å²) in [4.78, 5) is 28.9. The molecule has 3 aliphatic heterocycles. The van der Waals surface area contributed by atoms with Crippen molar-refractivity contribution in [1.29, 1.82) is 0 Å². The number of benzene rings is 1. The van der Waals surface area contributed by atoms with E-state index in [2.05, 4.69) is 30.5 Å². The predicted octanol–water partition coefficient (Wildman–Crippen LogP) is 3.82. The van der Waals surface area contributed by atoms with Gasteiger partial charge < -0.3 is 34.7 Å². The first-order chi connectivity index (χ1) is 19.3. The Kier molecular flexibility index (Phi) is 7.04. The zero-order valence-electron chi connectivity index (χ0n) is 21.9. The second-order valence-corrected chi connectivity index (χ2v) is 9.87. The highest BCUT2D eigenvalue weighted by molar-refractivity contribution is 5.99. The molecule has 6 rings (SSSR count). The summed E-state index contributed by atoms with van der Waals surface area (Å²) in [6, 6.07) is 3.77. The molecule has 14 heteroatoms. The molecule has 0 atom stereocenters. The highest BCUT2D eigenvalue weighted by atomic mass is 19.4. The van der Waals surface area contributed by atoms with E-state index in [0.717, 1.165) is 45.3 Å². The molecule has 2 fully saturated rings. The Balaban J connectivity index is 1.22. The molecule has 3 N–H and O–H groups in total. The number of aromatic nitrogens is 3. The number of anilines is 3. The maximum absolute atomic E-state index is 13.5. The van der Waals surface area contributed by atoms with Gasteiger partial charge in [0.25, 0.3) is 5.91 Å². The summed E-state index contributed by atoms with van der Waals surface area (Å²) in [6.07, 6.45) is -1.89. The summed E-state index contributed by atoms with van der Waals surface area (Å²) in [5.74, 6) is 0.611. The van der Waals surface area contributed by atoms with Crippen molar-refractivity contribution < 1.29 is 32.2 Å². The molecule has 3 aliphatic rings. The van der Waals surface area contributed by atoms with E-state index in [-0.39, 0.29) is 35.5 Å². The number of carbonyl (C=O) groups is 1. The first-order valence-corrected chi connectivity index (χ1v) is 13.3. The average Bonchev–Trinajstić information content (AvgIpc) is 3.62. The van der Waals surface area contributed by atoms with Gasteiger partial charge in [-0.25, -0.2) is 0 Å². The van der Waals surface area contributed by atoms with Crippen LogP contribution in [0.25, 0.3) is 11.0 Å². The van der Waals surface area contributed by atoms with Gasteiger partial charge in [-0.3, -0.25) is 9.69 Å². The van der Waals surface area contributed by atoms with Gasteiger partial charge in [-0.15, -0.1) is 0 Å². The largest absolute Gasteiger partial charge is 0.453 e. The molecule has 5 heterocycles.